The van der Waals surface area contributed by atoms with Crippen molar-refractivity contribution >= 4 is 0 Å². The van der Waals surface area contributed by atoms with Crippen LogP contribution in [0.1, 0.15) is 19.8 Å². The van der Waals surface area contributed by atoms with Crippen LogP contribution in [0.25, 0.3) is 0 Å². The van der Waals surface area contributed by atoms with E-state index in [2.05, 4.69) is 25.9 Å². The van der Waals surface area contributed by atoms with E-state index in [4.69, 9.17) is 9.47 Å². The first-order valence-corrected chi connectivity index (χ1v) is 4.48. The fourth-order valence-corrected chi connectivity index (χ4v) is 1.65. The Morgan fingerprint density at radius 2 is 2.00 bits per heavy atom. The van der Waals surface area contributed by atoms with Crippen LogP contribution in [0.5, 0.6) is 0 Å². The molecule has 0 aromatic rings. The highest BCUT2D eigenvalue weighted by molar-refractivity contribution is 4.76. The molecule has 0 aliphatic carbocycles. The van der Waals surface area contributed by atoms with Crippen molar-refractivity contribution in [3.63, 3.8) is 0 Å². The van der Waals surface area contributed by atoms with Crippen molar-refractivity contribution in [2.75, 3.05) is 21.2 Å². The van der Waals surface area contributed by atoms with E-state index >= 15 is 0 Å². The van der Waals surface area contributed by atoms with Crippen LogP contribution < -0.4 is 0 Å². The molecule has 0 N–H and O–H groups in total. The van der Waals surface area contributed by atoms with Gasteiger partial charge in [0.05, 0.1) is 6.10 Å². The molecule has 12 heavy (non-hydrogen) atoms. The molecule has 0 aromatic heterocycles. The smallest absolute Gasteiger partial charge is 0.159 e. The van der Waals surface area contributed by atoms with Crippen LogP contribution in [0.2, 0.25) is 0 Å². The Kier molecular flexibility index (Phi) is 3.50. The molecule has 1 saturated heterocycles. The van der Waals surface area contributed by atoms with Gasteiger partial charge >= 0.3 is 0 Å². The molecule has 0 spiro atoms. The molecule has 1 rings (SSSR count). The maximum atomic E-state index is 5.57. The second-order valence-electron chi connectivity index (χ2n) is 3.70. The summed E-state index contributed by atoms with van der Waals surface area (Å²) >= 11 is 0. The monoisotopic (exact) mass is 173 g/mol. The first-order chi connectivity index (χ1) is 5.63. The summed E-state index contributed by atoms with van der Waals surface area (Å²) in [6.07, 6.45) is 2.39. The summed E-state index contributed by atoms with van der Waals surface area (Å²) in [5.74, 6) is 0. The molecule has 1 aliphatic heterocycles. The van der Waals surface area contributed by atoms with Crippen molar-refractivity contribution in [3.8, 4) is 0 Å². The summed E-state index contributed by atoms with van der Waals surface area (Å²) in [5.41, 5.74) is 0. The zero-order valence-corrected chi connectivity index (χ0v) is 8.41. The molecule has 1 fully saturated rings. The molecular weight excluding hydrogens is 154 g/mol. The number of hydrogen-bond donors (Lipinski definition) is 0. The van der Waals surface area contributed by atoms with E-state index < -0.39 is 0 Å². The highest BCUT2D eigenvalue weighted by atomic mass is 16.7. The molecular formula is C9H19NO2. The standard InChI is InChI=1S/C9H19NO2/c1-7-5-8(10(2)3)6-9(11-4)12-7/h7-9H,5-6H2,1-4H3/t7-,8?,9?/m1/s1. The molecule has 72 valence electrons. The molecule has 0 saturated carbocycles. The third-order valence-electron chi connectivity index (χ3n) is 2.45. The van der Waals surface area contributed by atoms with Crippen LogP contribution in [-0.4, -0.2) is 44.5 Å². The van der Waals surface area contributed by atoms with Gasteiger partial charge in [-0.15, -0.1) is 0 Å². The largest absolute Gasteiger partial charge is 0.356 e. The maximum Gasteiger partial charge on any atom is 0.159 e. The highest BCUT2D eigenvalue weighted by Gasteiger charge is 2.27. The van der Waals surface area contributed by atoms with Crippen LogP contribution in [0.3, 0.4) is 0 Å². The molecule has 3 heteroatoms. The van der Waals surface area contributed by atoms with Gasteiger partial charge in [-0.25, -0.2) is 0 Å². The van der Waals surface area contributed by atoms with Crippen molar-refractivity contribution < 1.29 is 9.47 Å². The fraction of sp³-hybridized carbons (Fsp3) is 1.00. The summed E-state index contributed by atoms with van der Waals surface area (Å²) in [5, 5.41) is 0. The summed E-state index contributed by atoms with van der Waals surface area (Å²) in [4.78, 5) is 2.24. The lowest BCUT2D eigenvalue weighted by Gasteiger charge is -2.36. The molecule has 0 amide bonds. The van der Waals surface area contributed by atoms with E-state index in [1.54, 1.807) is 7.11 Å². The van der Waals surface area contributed by atoms with Crippen LogP contribution in [0, 0.1) is 0 Å². The Labute approximate surface area is 74.6 Å². The van der Waals surface area contributed by atoms with Gasteiger partial charge in [-0.05, 0) is 27.4 Å². The van der Waals surface area contributed by atoms with Crippen LogP contribution in [0.4, 0.5) is 0 Å². The van der Waals surface area contributed by atoms with Gasteiger partial charge in [0.15, 0.2) is 6.29 Å². The summed E-state index contributed by atoms with van der Waals surface area (Å²) in [7, 11) is 5.92. The molecule has 3 nitrogen and oxygen atoms in total. The van der Waals surface area contributed by atoms with Crippen LogP contribution in [-0.2, 0) is 9.47 Å². The van der Waals surface area contributed by atoms with Gasteiger partial charge in [0, 0.05) is 19.6 Å². The Balaban J connectivity index is 2.45. The summed E-state index contributed by atoms with van der Waals surface area (Å²) < 4.78 is 10.8. The van der Waals surface area contributed by atoms with Crippen molar-refractivity contribution in [2.45, 2.75) is 38.2 Å². The van der Waals surface area contributed by atoms with E-state index in [1.807, 2.05) is 0 Å². The van der Waals surface area contributed by atoms with Crippen molar-refractivity contribution in [3.05, 3.63) is 0 Å². The second-order valence-corrected chi connectivity index (χ2v) is 3.70. The SMILES string of the molecule is COC1CC(N(C)C)C[C@@H](C)O1. The lowest BCUT2D eigenvalue weighted by atomic mass is 10.0. The Morgan fingerprint density at radius 3 is 2.50 bits per heavy atom. The molecule has 0 bridgehead atoms. The van der Waals surface area contributed by atoms with E-state index in [0.29, 0.717) is 12.1 Å². The molecule has 0 radical (unpaired) electrons. The van der Waals surface area contributed by atoms with Gasteiger partial charge in [0.25, 0.3) is 0 Å². The maximum absolute atomic E-state index is 5.57. The Hall–Kier alpha value is -0.120. The normalized spacial score (nSPS) is 37.2. The van der Waals surface area contributed by atoms with E-state index in [-0.39, 0.29) is 6.29 Å². The quantitative estimate of drug-likeness (QED) is 0.624. The number of ether oxygens (including phenoxy) is 2. The van der Waals surface area contributed by atoms with Gasteiger partial charge in [-0.2, -0.15) is 0 Å². The number of nitrogens with zero attached hydrogens (tertiary/aromatic N) is 1. The highest BCUT2D eigenvalue weighted by Crippen LogP contribution is 2.22. The van der Waals surface area contributed by atoms with Crippen molar-refractivity contribution in [2.24, 2.45) is 0 Å². The first-order valence-electron chi connectivity index (χ1n) is 4.48. The Bertz CT molecular complexity index is 138. The van der Waals surface area contributed by atoms with Gasteiger partial charge < -0.3 is 14.4 Å². The average Bonchev–Trinajstić information content (AvgIpc) is 2.03. The molecule has 3 atom stereocenters. The van der Waals surface area contributed by atoms with Gasteiger partial charge in [-0.3, -0.25) is 0 Å². The molecule has 1 heterocycles. The van der Waals surface area contributed by atoms with Crippen molar-refractivity contribution in [1.82, 2.24) is 4.90 Å². The van der Waals surface area contributed by atoms with Gasteiger partial charge in [-0.1, -0.05) is 0 Å². The lowest BCUT2D eigenvalue weighted by Crippen LogP contribution is -2.42. The zero-order valence-electron chi connectivity index (χ0n) is 8.41. The van der Waals surface area contributed by atoms with E-state index in [0.717, 1.165) is 12.8 Å². The third-order valence-corrected chi connectivity index (χ3v) is 2.45. The van der Waals surface area contributed by atoms with Crippen molar-refractivity contribution in [1.29, 1.82) is 0 Å². The van der Waals surface area contributed by atoms with Crippen LogP contribution in [0.15, 0.2) is 0 Å². The van der Waals surface area contributed by atoms with Gasteiger partial charge in [0.2, 0.25) is 0 Å². The number of rotatable bonds is 2. The van der Waals surface area contributed by atoms with Gasteiger partial charge in [0.1, 0.15) is 0 Å². The summed E-state index contributed by atoms with van der Waals surface area (Å²) in [6, 6.07) is 0.596. The number of methoxy groups -OCH3 is 1. The Morgan fingerprint density at radius 1 is 1.33 bits per heavy atom. The minimum absolute atomic E-state index is 0.0128. The second kappa shape index (κ2) is 4.21. The number of hydrogen-bond acceptors (Lipinski definition) is 3. The fourth-order valence-electron chi connectivity index (χ4n) is 1.65. The van der Waals surface area contributed by atoms with Crippen LogP contribution >= 0.6 is 0 Å². The molecule has 1 aliphatic rings. The lowest BCUT2D eigenvalue weighted by molar-refractivity contribution is -0.188. The molecule has 0 aromatic carbocycles. The van der Waals surface area contributed by atoms with E-state index in [9.17, 15) is 0 Å². The first kappa shape index (κ1) is 9.96. The third kappa shape index (κ3) is 2.44. The minimum Gasteiger partial charge on any atom is -0.356 e. The summed E-state index contributed by atoms with van der Waals surface area (Å²) in [6.45, 7) is 2.10. The molecule has 2 unspecified atom stereocenters. The minimum atomic E-state index is -0.0128. The topological polar surface area (TPSA) is 21.7 Å². The zero-order chi connectivity index (χ0) is 9.14. The average molecular weight is 173 g/mol. The van der Waals surface area contributed by atoms with E-state index in [1.165, 1.54) is 0 Å². The predicted octanol–water partition coefficient (Wildman–Crippen LogP) is 1.09. The predicted molar refractivity (Wildman–Crippen MR) is 48.1 cm³/mol.